The third kappa shape index (κ3) is 2.78. The predicted octanol–water partition coefficient (Wildman–Crippen LogP) is 3.74. The van der Waals surface area contributed by atoms with Crippen LogP contribution in [0.1, 0.15) is 23.7 Å². The van der Waals surface area contributed by atoms with E-state index in [0.29, 0.717) is 13.2 Å². The number of hydrogen-bond acceptors (Lipinski definition) is 3. The fourth-order valence-electron chi connectivity index (χ4n) is 2.44. The second-order valence-electron chi connectivity index (χ2n) is 4.83. The summed E-state index contributed by atoms with van der Waals surface area (Å²) in [7, 11) is 1.68. The third-order valence-corrected chi connectivity index (χ3v) is 3.49. The maximum absolute atomic E-state index is 6.06. The Bertz CT molecular complexity index is 580. The zero-order valence-electron chi connectivity index (χ0n) is 11.5. The molecular weight excluding hydrogens is 252 g/mol. The molecule has 1 aliphatic rings. The van der Waals surface area contributed by atoms with Crippen molar-refractivity contribution in [1.82, 2.24) is 0 Å². The third-order valence-electron chi connectivity index (χ3n) is 3.49. The number of benzene rings is 2. The van der Waals surface area contributed by atoms with Crippen LogP contribution in [0.15, 0.2) is 48.5 Å². The molecule has 3 heteroatoms. The van der Waals surface area contributed by atoms with E-state index in [-0.39, 0.29) is 6.10 Å². The lowest BCUT2D eigenvalue weighted by Gasteiger charge is -2.26. The molecule has 20 heavy (non-hydrogen) atoms. The maximum Gasteiger partial charge on any atom is 0.125 e. The number of rotatable bonds is 4. The second-order valence-corrected chi connectivity index (χ2v) is 4.83. The molecule has 0 N–H and O–H groups in total. The van der Waals surface area contributed by atoms with Gasteiger partial charge in [0.25, 0.3) is 0 Å². The lowest BCUT2D eigenvalue weighted by molar-refractivity contribution is 0.0127. The molecule has 0 spiro atoms. The molecule has 0 unspecified atom stereocenters. The first-order valence-corrected chi connectivity index (χ1v) is 6.83. The monoisotopic (exact) mass is 270 g/mol. The average Bonchev–Trinajstić information content (AvgIpc) is 2.53. The van der Waals surface area contributed by atoms with E-state index in [4.69, 9.17) is 14.2 Å². The summed E-state index contributed by atoms with van der Waals surface area (Å²) in [6, 6.07) is 16.1. The van der Waals surface area contributed by atoms with Crippen LogP contribution in [0, 0.1) is 0 Å². The van der Waals surface area contributed by atoms with E-state index in [2.05, 4.69) is 6.07 Å². The molecule has 0 aliphatic carbocycles. The van der Waals surface area contributed by atoms with Gasteiger partial charge in [0.05, 0.1) is 26.4 Å². The van der Waals surface area contributed by atoms with Gasteiger partial charge in [0.1, 0.15) is 11.5 Å². The summed E-state index contributed by atoms with van der Waals surface area (Å²) in [6.45, 7) is 1.29. The van der Waals surface area contributed by atoms with Crippen LogP contribution in [0.3, 0.4) is 0 Å². The first-order chi connectivity index (χ1) is 9.86. The second kappa shape index (κ2) is 5.97. The summed E-state index contributed by atoms with van der Waals surface area (Å²) in [4.78, 5) is 0. The van der Waals surface area contributed by atoms with Gasteiger partial charge < -0.3 is 14.2 Å². The first-order valence-electron chi connectivity index (χ1n) is 6.83. The number of ether oxygens (including phenoxy) is 3. The van der Waals surface area contributed by atoms with Crippen LogP contribution in [0.2, 0.25) is 0 Å². The minimum Gasteiger partial charge on any atom is -0.497 e. The molecule has 2 aromatic carbocycles. The minimum atomic E-state index is 0.103. The maximum atomic E-state index is 6.06. The largest absolute Gasteiger partial charge is 0.497 e. The molecule has 0 aromatic heterocycles. The van der Waals surface area contributed by atoms with Crippen LogP contribution in [0.4, 0.5) is 0 Å². The molecule has 3 rings (SSSR count). The van der Waals surface area contributed by atoms with Gasteiger partial charge in [-0.05, 0) is 23.8 Å². The van der Waals surface area contributed by atoms with E-state index in [9.17, 15) is 0 Å². The van der Waals surface area contributed by atoms with Crippen molar-refractivity contribution in [3.63, 3.8) is 0 Å². The van der Waals surface area contributed by atoms with Gasteiger partial charge >= 0.3 is 0 Å². The van der Waals surface area contributed by atoms with Gasteiger partial charge in [-0.2, -0.15) is 0 Å². The van der Waals surface area contributed by atoms with Crippen LogP contribution >= 0.6 is 0 Å². The quantitative estimate of drug-likeness (QED) is 0.847. The number of methoxy groups -OCH3 is 1. The zero-order valence-corrected chi connectivity index (χ0v) is 11.5. The zero-order chi connectivity index (χ0) is 13.8. The summed E-state index contributed by atoms with van der Waals surface area (Å²) >= 11 is 0. The Balaban J connectivity index is 1.70. The summed E-state index contributed by atoms with van der Waals surface area (Å²) in [6.07, 6.45) is 0.993. The van der Waals surface area contributed by atoms with Crippen molar-refractivity contribution < 1.29 is 14.2 Å². The molecule has 0 amide bonds. The topological polar surface area (TPSA) is 27.7 Å². The molecule has 1 atom stereocenters. The van der Waals surface area contributed by atoms with Crippen LogP contribution in [0.5, 0.6) is 11.5 Å². The lowest BCUT2D eigenvalue weighted by Crippen LogP contribution is -2.16. The number of fused-ring (bicyclic) bond motifs is 1. The van der Waals surface area contributed by atoms with E-state index in [1.165, 1.54) is 0 Å². The van der Waals surface area contributed by atoms with E-state index in [0.717, 1.165) is 29.0 Å². The van der Waals surface area contributed by atoms with Crippen molar-refractivity contribution >= 4 is 0 Å². The minimum absolute atomic E-state index is 0.103. The Labute approximate surface area is 119 Å². The van der Waals surface area contributed by atoms with Gasteiger partial charge in [0.15, 0.2) is 0 Å². The Morgan fingerprint density at radius 1 is 1.15 bits per heavy atom. The Kier molecular flexibility index (Phi) is 3.88. The van der Waals surface area contributed by atoms with Gasteiger partial charge in [0.2, 0.25) is 0 Å². The SMILES string of the molecule is COc1cccc(CO[C@@H]2CCOc3ccccc32)c1. The summed E-state index contributed by atoms with van der Waals surface area (Å²) in [5.41, 5.74) is 2.26. The standard InChI is InChI=1S/C17H18O3/c1-18-14-6-4-5-13(11-14)12-20-17-9-10-19-16-8-3-2-7-15(16)17/h2-8,11,17H,9-10,12H2,1H3/t17-/m1/s1. The molecule has 1 aliphatic heterocycles. The number of para-hydroxylation sites is 1. The molecule has 104 valence electrons. The van der Waals surface area contributed by atoms with Gasteiger partial charge in [-0.1, -0.05) is 30.3 Å². The van der Waals surface area contributed by atoms with Crippen molar-refractivity contribution in [1.29, 1.82) is 0 Å². The highest BCUT2D eigenvalue weighted by Gasteiger charge is 2.21. The van der Waals surface area contributed by atoms with Crippen molar-refractivity contribution in [2.75, 3.05) is 13.7 Å². The number of hydrogen-bond donors (Lipinski definition) is 0. The molecule has 3 nitrogen and oxygen atoms in total. The van der Waals surface area contributed by atoms with Gasteiger partial charge in [-0.15, -0.1) is 0 Å². The van der Waals surface area contributed by atoms with Crippen molar-refractivity contribution in [3.8, 4) is 11.5 Å². The highest BCUT2D eigenvalue weighted by molar-refractivity contribution is 5.36. The van der Waals surface area contributed by atoms with Crippen molar-refractivity contribution in [3.05, 3.63) is 59.7 Å². The van der Waals surface area contributed by atoms with Crippen LogP contribution in [-0.2, 0) is 11.3 Å². The Morgan fingerprint density at radius 2 is 2.05 bits per heavy atom. The van der Waals surface area contributed by atoms with Crippen molar-refractivity contribution in [2.24, 2.45) is 0 Å². The smallest absolute Gasteiger partial charge is 0.125 e. The summed E-state index contributed by atoms with van der Waals surface area (Å²) in [5.74, 6) is 1.80. The normalized spacial score (nSPS) is 17.1. The summed E-state index contributed by atoms with van der Waals surface area (Å²) < 4.78 is 16.9. The van der Waals surface area contributed by atoms with Crippen LogP contribution < -0.4 is 9.47 Å². The lowest BCUT2D eigenvalue weighted by atomic mass is 10.0. The molecule has 2 aromatic rings. The Morgan fingerprint density at radius 3 is 2.95 bits per heavy atom. The Hall–Kier alpha value is -2.00. The van der Waals surface area contributed by atoms with Gasteiger partial charge in [-0.25, -0.2) is 0 Å². The molecular formula is C17H18O3. The van der Waals surface area contributed by atoms with Crippen LogP contribution in [0.25, 0.3) is 0 Å². The fraction of sp³-hybridized carbons (Fsp3) is 0.294. The van der Waals surface area contributed by atoms with Crippen LogP contribution in [-0.4, -0.2) is 13.7 Å². The molecule has 0 bridgehead atoms. The van der Waals surface area contributed by atoms with E-state index >= 15 is 0 Å². The van der Waals surface area contributed by atoms with E-state index < -0.39 is 0 Å². The van der Waals surface area contributed by atoms with E-state index in [1.54, 1.807) is 7.11 Å². The fourth-order valence-corrected chi connectivity index (χ4v) is 2.44. The molecule has 0 fully saturated rings. The highest BCUT2D eigenvalue weighted by Crippen LogP contribution is 2.34. The predicted molar refractivity (Wildman–Crippen MR) is 77.1 cm³/mol. The van der Waals surface area contributed by atoms with Gasteiger partial charge in [0, 0.05) is 12.0 Å². The van der Waals surface area contributed by atoms with Gasteiger partial charge in [-0.3, -0.25) is 0 Å². The average molecular weight is 270 g/mol. The molecule has 0 saturated heterocycles. The first kappa shape index (κ1) is 13.0. The highest BCUT2D eigenvalue weighted by atomic mass is 16.5. The van der Waals surface area contributed by atoms with Crippen molar-refractivity contribution in [2.45, 2.75) is 19.1 Å². The van der Waals surface area contributed by atoms with E-state index in [1.807, 2.05) is 42.5 Å². The molecule has 1 heterocycles. The molecule has 0 radical (unpaired) electrons. The molecule has 0 saturated carbocycles. The summed E-state index contributed by atoms with van der Waals surface area (Å²) in [5, 5.41) is 0.